The molecule has 0 radical (unpaired) electrons. The third-order valence-corrected chi connectivity index (χ3v) is 5.94. The lowest BCUT2D eigenvalue weighted by molar-refractivity contribution is -0.115. The van der Waals surface area contributed by atoms with Crippen molar-refractivity contribution in [1.82, 2.24) is 19.9 Å². The lowest BCUT2D eigenvalue weighted by Gasteiger charge is -2.07. The zero-order valence-electron chi connectivity index (χ0n) is 16.6. The number of benzene rings is 2. The predicted octanol–water partition coefficient (Wildman–Crippen LogP) is 4.75. The van der Waals surface area contributed by atoms with Gasteiger partial charge in [0.05, 0.1) is 22.8 Å². The van der Waals surface area contributed by atoms with Crippen molar-refractivity contribution in [2.75, 3.05) is 11.9 Å². The molecule has 2 aromatic carbocycles. The lowest BCUT2D eigenvalue weighted by atomic mass is 10.0. The summed E-state index contributed by atoms with van der Waals surface area (Å²) in [5.74, 6) is -0.765. The number of nitrogens with one attached hydrogen (secondary N) is 2. The number of hydrogen-bond donors (Lipinski definition) is 2. The number of anilines is 1. The lowest BCUT2D eigenvalue weighted by Crippen LogP contribution is -2.33. The molecule has 0 aliphatic rings. The van der Waals surface area contributed by atoms with Gasteiger partial charge >= 0.3 is 0 Å². The van der Waals surface area contributed by atoms with Crippen LogP contribution >= 0.6 is 34.5 Å². The maximum absolute atomic E-state index is 12.3. The van der Waals surface area contributed by atoms with Crippen LogP contribution < -0.4 is 10.6 Å². The Kier molecular flexibility index (Phi) is 5.95. The first-order valence-electron chi connectivity index (χ1n) is 9.27. The zero-order chi connectivity index (χ0) is 22.1. The molecule has 2 heterocycles. The van der Waals surface area contributed by atoms with Crippen LogP contribution in [0.25, 0.3) is 16.2 Å². The average molecular weight is 474 g/mol. The van der Waals surface area contributed by atoms with Gasteiger partial charge in [0.1, 0.15) is 0 Å². The number of rotatable bonds is 5. The molecule has 0 atom stereocenters. The second kappa shape index (κ2) is 8.66. The highest BCUT2D eigenvalue weighted by Gasteiger charge is 2.16. The molecule has 0 spiro atoms. The molecule has 31 heavy (non-hydrogen) atoms. The minimum Gasteiger partial charge on any atom is -0.343 e. The number of aromatic nitrogens is 3. The molecule has 0 aliphatic carbocycles. The topological polar surface area (TPSA) is 88.4 Å². The first-order chi connectivity index (χ1) is 14.8. The Hall–Kier alpha value is -2.94. The molecule has 10 heteroatoms. The van der Waals surface area contributed by atoms with Gasteiger partial charge in [-0.05, 0) is 37.6 Å². The van der Waals surface area contributed by atoms with E-state index in [0.29, 0.717) is 9.98 Å². The van der Waals surface area contributed by atoms with Crippen LogP contribution in [0, 0.1) is 13.8 Å². The van der Waals surface area contributed by atoms with Gasteiger partial charge in [0.25, 0.3) is 11.9 Å². The number of fused-ring (bicyclic) bond motifs is 1. The number of aryl methyl sites for hydroxylation is 2. The Bertz CT molecular complexity index is 1310. The molecular formula is C21H17Cl2N5O2S. The summed E-state index contributed by atoms with van der Waals surface area (Å²) in [5.41, 5.74) is 4.49. The molecule has 2 aromatic heterocycles. The molecule has 0 bridgehead atoms. The van der Waals surface area contributed by atoms with Crippen LogP contribution in [0.15, 0.2) is 41.8 Å². The highest BCUT2D eigenvalue weighted by Crippen LogP contribution is 2.29. The third kappa shape index (κ3) is 4.56. The molecule has 158 valence electrons. The van der Waals surface area contributed by atoms with E-state index in [9.17, 15) is 9.59 Å². The van der Waals surface area contributed by atoms with E-state index in [2.05, 4.69) is 26.8 Å². The smallest absolute Gasteiger partial charge is 0.253 e. The van der Waals surface area contributed by atoms with Crippen molar-refractivity contribution in [1.29, 1.82) is 0 Å². The van der Waals surface area contributed by atoms with E-state index in [1.807, 2.05) is 31.4 Å². The Morgan fingerprint density at radius 3 is 2.68 bits per heavy atom. The number of halogens is 2. The van der Waals surface area contributed by atoms with Gasteiger partial charge < -0.3 is 5.32 Å². The first kappa shape index (κ1) is 21.3. The molecule has 0 saturated heterocycles. The van der Waals surface area contributed by atoms with Crippen molar-refractivity contribution in [3.63, 3.8) is 0 Å². The number of carbonyl (C=O) groups excluding carboxylic acids is 2. The van der Waals surface area contributed by atoms with E-state index in [0.717, 1.165) is 16.8 Å². The predicted molar refractivity (Wildman–Crippen MR) is 123 cm³/mol. The van der Waals surface area contributed by atoms with Crippen molar-refractivity contribution in [2.45, 2.75) is 13.8 Å². The van der Waals surface area contributed by atoms with E-state index in [4.69, 9.17) is 23.2 Å². The molecular weight excluding hydrogens is 457 g/mol. The van der Waals surface area contributed by atoms with Crippen LogP contribution in [0.4, 0.5) is 5.95 Å². The van der Waals surface area contributed by atoms with E-state index < -0.39 is 11.8 Å². The van der Waals surface area contributed by atoms with E-state index in [1.165, 1.54) is 29.0 Å². The van der Waals surface area contributed by atoms with Gasteiger partial charge in [-0.25, -0.2) is 4.52 Å². The summed E-state index contributed by atoms with van der Waals surface area (Å²) in [6, 6.07) is 10.7. The van der Waals surface area contributed by atoms with Crippen LogP contribution in [0.5, 0.6) is 0 Å². The van der Waals surface area contributed by atoms with Crippen LogP contribution in [0.1, 0.15) is 21.5 Å². The Morgan fingerprint density at radius 2 is 1.94 bits per heavy atom. The SMILES string of the molecule is Cc1ccc(-c2csc3nc(NC(=O)CNC(=O)c4ccc(Cl)cc4Cl)nn23)c(C)c1. The van der Waals surface area contributed by atoms with Crippen molar-refractivity contribution in [3.8, 4) is 11.3 Å². The van der Waals surface area contributed by atoms with Gasteiger partial charge in [0.2, 0.25) is 10.9 Å². The van der Waals surface area contributed by atoms with Crippen LogP contribution in [0.2, 0.25) is 10.0 Å². The molecule has 0 fully saturated rings. The minimum atomic E-state index is -0.479. The number of carbonyl (C=O) groups is 2. The van der Waals surface area contributed by atoms with Crippen LogP contribution in [-0.4, -0.2) is 33.0 Å². The molecule has 0 aliphatic heterocycles. The fourth-order valence-electron chi connectivity index (χ4n) is 3.12. The van der Waals surface area contributed by atoms with Crippen LogP contribution in [-0.2, 0) is 4.79 Å². The summed E-state index contributed by atoms with van der Waals surface area (Å²) < 4.78 is 1.70. The third-order valence-electron chi connectivity index (χ3n) is 4.58. The van der Waals surface area contributed by atoms with Gasteiger partial charge in [0, 0.05) is 16.0 Å². The summed E-state index contributed by atoms with van der Waals surface area (Å²) in [6.45, 7) is 3.83. The van der Waals surface area contributed by atoms with E-state index >= 15 is 0 Å². The normalized spacial score (nSPS) is 11.0. The summed E-state index contributed by atoms with van der Waals surface area (Å²) >= 11 is 13.3. The van der Waals surface area contributed by atoms with E-state index in [1.54, 1.807) is 10.6 Å². The second-order valence-electron chi connectivity index (χ2n) is 6.92. The second-order valence-corrected chi connectivity index (χ2v) is 8.60. The fraction of sp³-hybridized carbons (Fsp3) is 0.143. The molecule has 2 N–H and O–H groups in total. The maximum atomic E-state index is 12.3. The Labute approximate surface area is 192 Å². The van der Waals surface area contributed by atoms with Gasteiger partial charge in [-0.1, -0.05) is 47.0 Å². The number of thiazole rings is 1. The molecule has 2 amide bonds. The zero-order valence-corrected chi connectivity index (χ0v) is 18.9. The standard InChI is InChI=1S/C21H17Cl2N5O2S/c1-11-3-5-14(12(2)7-11)17-10-31-21-26-20(27-28(17)21)25-18(29)9-24-19(30)15-6-4-13(22)8-16(15)23/h3-8,10H,9H2,1-2H3,(H,24,30)(H,25,27,29). The van der Waals surface area contributed by atoms with Crippen molar-refractivity contribution >= 4 is 57.3 Å². The highest BCUT2D eigenvalue weighted by atomic mass is 35.5. The van der Waals surface area contributed by atoms with E-state index in [-0.39, 0.29) is 23.1 Å². The number of nitrogens with zero attached hydrogens (tertiary/aromatic N) is 3. The Balaban J connectivity index is 1.44. The summed E-state index contributed by atoms with van der Waals surface area (Å²) in [4.78, 5) is 29.5. The molecule has 7 nitrogen and oxygen atoms in total. The maximum Gasteiger partial charge on any atom is 0.253 e. The summed E-state index contributed by atoms with van der Waals surface area (Å²) in [7, 11) is 0. The molecule has 0 unspecified atom stereocenters. The first-order valence-corrected chi connectivity index (χ1v) is 10.9. The highest BCUT2D eigenvalue weighted by molar-refractivity contribution is 7.15. The number of hydrogen-bond acceptors (Lipinski definition) is 5. The van der Waals surface area contributed by atoms with Crippen molar-refractivity contribution in [3.05, 3.63) is 68.5 Å². The number of amides is 2. The van der Waals surface area contributed by atoms with Crippen molar-refractivity contribution in [2.24, 2.45) is 0 Å². The van der Waals surface area contributed by atoms with Gasteiger partial charge in [0.15, 0.2) is 0 Å². The minimum absolute atomic E-state index is 0.168. The largest absolute Gasteiger partial charge is 0.343 e. The molecule has 0 saturated carbocycles. The summed E-state index contributed by atoms with van der Waals surface area (Å²) in [5, 5.41) is 12.1. The quantitative estimate of drug-likeness (QED) is 0.437. The van der Waals surface area contributed by atoms with Gasteiger partial charge in [-0.3, -0.25) is 14.9 Å². The molecule has 4 aromatic rings. The van der Waals surface area contributed by atoms with Crippen molar-refractivity contribution < 1.29 is 9.59 Å². The molecule has 4 rings (SSSR count). The monoisotopic (exact) mass is 473 g/mol. The van der Waals surface area contributed by atoms with Crippen LogP contribution in [0.3, 0.4) is 0 Å². The van der Waals surface area contributed by atoms with Gasteiger partial charge in [-0.15, -0.1) is 16.4 Å². The Morgan fingerprint density at radius 1 is 1.13 bits per heavy atom. The van der Waals surface area contributed by atoms with Gasteiger partial charge in [-0.2, -0.15) is 4.98 Å². The fourth-order valence-corrected chi connectivity index (χ4v) is 4.44. The summed E-state index contributed by atoms with van der Waals surface area (Å²) in [6.07, 6.45) is 0. The average Bonchev–Trinajstić information content (AvgIpc) is 3.26.